The predicted octanol–water partition coefficient (Wildman–Crippen LogP) is 1.99. The van der Waals surface area contributed by atoms with Gasteiger partial charge in [-0.3, -0.25) is 0 Å². The van der Waals surface area contributed by atoms with Gasteiger partial charge in [-0.2, -0.15) is 0 Å². The SMILES string of the molecule is C=CC(=S)N1CCCCC1. The van der Waals surface area contributed by atoms with Crippen LogP contribution in [0.2, 0.25) is 0 Å². The second-order valence-corrected chi connectivity index (χ2v) is 3.01. The van der Waals surface area contributed by atoms with Gasteiger partial charge in [-0.05, 0) is 25.3 Å². The molecule has 0 aromatic carbocycles. The van der Waals surface area contributed by atoms with E-state index >= 15 is 0 Å². The minimum Gasteiger partial charge on any atom is -0.363 e. The smallest absolute Gasteiger partial charge is 0.101 e. The third kappa shape index (κ3) is 1.81. The van der Waals surface area contributed by atoms with Gasteiger partial charge in [0.05, 0.1) is 0 Å². The van der Waals surface area contributed by atoms with Crippen molar-refractivity contribution in [3.05, 3.63) is 12.7 Å². The van der Waals surface area contributed by atoms with Crippen LogP contribution in [0.25, 0.3) is 0 Å². The highest BCUT2D eigenvalue weighted by Gasteiger charge is 2.09. The number of nitrogens with zero attached hydrogens (tertiary/aromatic N) is 1. The third-order valence-electron chi connectivity index (χ3n) is 1.84. The fourth-order valence-electron chi connectivity index (χ4n) is 1.24. The summed E-state index contributed by atoms with van der Waals surface area (Å²) in [7, 11) is 0. The zero-order valence-electron chi connectivity index (χ0n) is 6.18. The maximum Gasteiger partial charge on any atom is 0.101 e. The van der Waals surface area contributed by atoms with E-state index in [-0.39, 0.29) is 0 Å². The Labute approximate surface area is 67.7 Å². The van der Waals surface area contributed by atoms with E-state index in [0.717, 1.165) is 18.1 Å². The Hall–Kier alpha value is -0.370. The van der Waals surface area contributed by atoms with E-state index in [1.165, 1.54) is 19.3 Å². The summed E-state index contributed by atoms with van der Waals surface area (Å²) >= 11 is 5.08. The second kappa shape index (κ2) is 3.71. The Bertz CT molecular complexity index is 136. The van der Waals surface area contributed by atoms with Crippen LogP contribution >= 0.6 is 12.2 Å². The van der Waals surface area contributed by atoms with Gasteiger partial charge in [0.2, 0.25) is 0 Å². The van der Waals surface area contributed by atoms with Crippen LogP contribution in [0, 0.1) is 0 Å². The number of thiocarbonyl (C=S) groups is 1. The van der Waals surface area contributed by atoms with Crippen molar-refractivity contribution in [1.29, 1.82) is 0 Å². The number of hydrogen-bond acceptors (Lipinski definition) is 1. The Morgan fingerprint density at radius 3 is 2.40 bits per heavy atom. The maximum absolute atomic E-state index is 5.08. The van der Waals surface area contributed by atoms with Gasteiger partial charge in [0.25, 0.3) is 0 Å². The van der Waals surface area contributed by atoms with Crippen molar-refractivity contribution in [3.8, 4) is 0 Å². The van der Waals surface area contributed by atoms with Crippen LogP contribution in [-0.2, 0) is 0 Å². The summed E-state index contributed by atoms with van der Waals surface area (Å²) in [5.41, 5.74) is 0. The van der Waals surface area contributed by atoms with Crippen molar-refractivity contribution in [2.24, 2.45) is 0 Å². The van der Waals surface area contributed by atoms with E-state index in [1.54, 1.807) is 6.08 Å². The first kappa shape index (κ1) is 7.73. The summed E-state index contributed by atoms with van der Waals surface area (Å²) in [6.07, 6.45) is 5.69. The summed E-state index contributed by atoms with van der Waals surface area (Å²) in [5.74, 6) is 0. The van der Waals surface area contributed by atoms with Gasteiger partial charge in [-0.15, -0.1) is 0 Å². The van der Waals surface area contributed by atoms with E-state index in [0.29, 0.717) is 0 Å². The van der Waals surface area contributed by atoms with E-state index in [1.807, 2.05) is 0 Å². The molecule has 1 aliphatic heterocycles. The van der Waals surface area contributed by atoms with E-state index in [2.05, 4.69) is 11.5 Å². The Morgan fingerprint density at radius 1 is 1.30 bits per heavy atom. The molecule has 0 aromatic heterocycles. The van der Waals surface area contributed by atoms with Gasteiger partial charge in [0.1, 0.15) is 4.99 Å². The molecule has 1 fully saturated rings. The van der Waals surface area contributed by atoms with Gasteiger partial charge in [0, 0.05) is 13.1 Å². The zero-order valence-corrected chi connectivity index (χ0v) is 6.99. The minimum absolute atomic E-state index is 0.916. The lowest BCUT2D eigenvalue weighted by molar-refractivity contribution is 0.348. The van der Waals surface area contributed by atoms with Crippen LogP contribution in [-0.4, -0.2) is 23.0 Å². The van der Waals surface area contributed by atoms with Crippen LogP contribution in [0.4, 0.5) is 0 Å². The molecule has 56 valence electrons. The van der Waals surface area contributed by atoms with Crippen LogP contribution in [0.1, 0.15) is 19.3 Å². The lowest BCUT2D eigenvalue weighted by Gasteiger charge is -2.27. The highest BCUT2D eigenvalue weighted by molar-refractivity contribution is 7.80. The Balaban J connectivity index is 2.38. The average molecular weight is 155 g/mol. The molecule has 1 saturated heterocycles. The molecule has 0 unspecified atom stereocenters. The molecule has 0 N–H and O–H groups in total. The lowest BCUT2D eigenvalue weighted by Crippen LogP contribution is -2.33. The number of hydrogen-bond donors (Lipinski definition) is 0. The van der Waals surface area contributed by atoms with Crippen LogP contribution in [0.3, 0.4) is 0 Å². The van der Waals surface area contributed by atoms with E-state index in [4.69, 9.17) is 12.2 Å². The first-order chi connectivity index (χ1) is 4.84. The second-order valence-electron chi connectivity index (χ2n) is 2.59. The molecule has 0 amide bonds. The van der Waals surface area contributed by atoms with Crippen molar-refractivity contribution in [2.75, 3.05) is 13.1 Å². The fourth-order valence-corrected chi connectivity index (χ4v) is 1.43. The largest absolute Gasteiger partial charge is 0.363 e. The molecular formula is C8H13NS. The maximum atomic E-state index is 5.08. The summed E-state index contributed by atoms with van der Waals surface area (Å²) in [4.78, 5) is 3.14. The summed E-state index contributed by atoms with van der Waals surface area (Å²) in [5, 5.41) is 0. The summed E-state index contributed by atoms with van der Waals surface area (Å²) in [6, 6.07) is 0. The molecule has 0 atom stereocenters. The van der Waals surface area contributed by atoms with E-state index < -0.39 is 0 Å². The highest BCUT2D eigenvalue weighted by atomic mass is 32.1. The predicted molar refractivity (Wildman–Crippen MR) is 48.2 cm³/mol. The zero-order chi connectivity index (χ0) is 7.40. The highest BCUT2D eigenvalue weighted by Crippen LogP contribution is 2.09. The molecule has 0 spiro atoms. The lowest BCUT2D eigenvalue weighted by atomic mass is 10.1. The van der Waals surface area contributed by atoms with E-state index in [9.17, 15) is 0 Å². The molecule has 1 aliphatic rings. The Kier molecular flexibility index (Phi) is 2.87. The monoisotopic (exact) mass is 155 g/mol. The normalized spacial score (nSPS) is 18.6. The molecule has 1 rings (SSSR count). The molecule has 0 bridgehead atoms. The van der Waals surface area contributed by atoms with Gasteiger partial charge >= 0.3 is 0 Å². The molecule has 10 heavy (non-hydrogen) atoms. The number of piperidine rings is 1. The Morgan fingerprint density at radius 2 is 1.90 bits per heavy atom. The fraction of sp³-hybridized carbons (Fsp3) is 0.625. The van der Waals surface area contributed by atoms with Gasteiger partial charge in [-0.25, -0.2) is 0 Å². The molecule has 1 heterocycles. The quantitative estimate of drug-likeness (QED) is 0.421. The summed E-state index contributed by atoms with van der Waals surface area (Å²) in [6.45, 7) is 5.91. The molecular weight excluding hydrogens is 142 g/mol. The molecule has 0 radical (unpaired) electrons. The van der Waals surface area contributed by atoms with Crippen molar-refractivity contribution >= 4 is 17.2 Å². The van der Waals surface area contributed by atoms with Gasteiger partial charge in [-0.1, -0.05) is 18.8 Å². The van der Waals surface area contributed by atoms with Crippen LogP contribution < -0.4 is 0 Å². The van der Waals surface area contributed by atoms with Crippen molar-refractivity contribution in [2.45, 2.75) is 19.3 Å². The summed E-state index contributed by atoms with van der Waals surface area (Å²) < 4.78 is 0. The van der Waals surface area contributed by atoms with Crippen molar-refractivity contribution < 1.29 is 0 Å². The molecule has 0 saturated carbocycles. The average Bonchev–Trinajstić information content (AvgIpc) is 2.05. The number of rotatable bonds is 1. The third-order valence-corrected chi connectivity index (χ3v) is 2.27. The molecule has 0 aliphatic carbocycles. The van der Waals surface area contributed by atoms with Crippen LogP contribution in [0.15, 0.2) is 12.7 Å². The van der Waals surface area contributed by atoms with Crippen molar-refractivity contribution in [3.63, 3.8) is 0 Å². The van der Waals surface area contributed by atoms with Crippen molar-refractivity contribution in [1.82, 2.24) is 4.90 Å². The minimum atomic E-state index is 0.916. The standard InChI is InChI=1S/C8H13NS/c1-2-8(10)9-6-4-3-5-7-9/h2H,1,3-7H2. The first-order valence-corrected chi connectivity index (χ1v) is 4.17. The topological polar surface area (TPSA) is 3.24 Å². The number of likely N-dealkylation sites (tertiary alicyclic amines) is 1. The first-order valence-electron chi connectivity index (χ1n) is 3.76. The molecule has 1 nitrogen and oxygen atoms in total. The molecule has 2 heteroatoms. The van der Waals surface area contributed by atoms with Crippen LogP contribution in [0.5, 0.6) is 0 Å². The van der Waals surface area contributed by atoms with Gasteiger partial charge < -0.3 is 4.90 Å². The molecule has 0 aromatic rings. The van der Waals surface area contributed by atoms with Gasteiger partial charge in [0.15, 0.2) is 0 Å².